The molecule has 5 heteroatoms. The van der Waals surface area contributed by atoms with Crippen LogP contribution in [0.3, 0.4) is 0 Å². The second kappa shape index (κ2) is 5.80. The van der Waals surface area contributed by atoms with Gasteiger partial charge >= 0.3 is 0 Å². The van der Waals surface area contributed by atoms with Crippen LogP contribution < -0.4 is 5.43 Å². The van der Waals surface area contributed by atoms with Crippen LogP contribution in [0.5, 0.6) is 0 Å². The maximum absolute atomic E-state index is 13.1. The van der Waals surface area contributed by atoms with Crippen LogP contribution in [0.2, 0.25) is 5.02 Å². The lowest BCUT2D eigenvalue weighted by atomic mass is 10.1. The summed E-state index contributed by atoms with van der Waals surface area (Å²) in [6, 6.07) is 10.7. The van der Waals surface area contributed by atoms with E-state index in [9.17, 15) is 8.78 Å². The predicted molar refractivity (Wildman–Crippen MR) is 73.6 cm³/mol. The van der Waals surface area contributed by atoms with Gasteiger partial charge in [-0.2, -0.15) is 5.10 Å². The summed E-state index contributed by atoms with van der Waals surface area (Å²) in [7, 11) is 0. The summed E-state index contributed by atoms with van der Waals surface area (Å²) in [6.07, 6.45) is 0. The van der Waals surface area contributed by atoms with Gasteiger partial charge in [-0.3, -0.25) is 5.43 Å². The number of nitrogens with one attached hydrogen (secondary N) is 1. The highest BCUT2D eigenvalue weighted by Crippen LogP contribution is 2.20. The van der Waals surface area contributed by atoms with E-state index < -0.39 is 11.6 Å². The maximum atomic E-state index is 13.1. The molecule has 0 bridgehead atoms. The first-order valence-corrected chi connectivity index (χ1v) is 5.96. The van der Waals surface area contributed by atoms with Gasteiger partial charge in [-0.25, -0.2) is 8.78 Å². The Bertz CT molecular complexity index is 627. The number of hydrogen-bond donors (Lipinski definition) is 1. The number of para-hydroxylation sites is 1. The minimum Gasteiger partial charge on any atom is -0.277 e. The van der Waals surface area contributed by atoms with Crippen LogP contribution in [0.4, 0.5) is 14.5 Å². The molecule has 0 atom stereocenters. The zero-order valence-electron chi connectivity index (χ0n) is 10.1. The molecule has 2 nitrogen and oxygen atoms in total. The van der Waals surface area contributed by atoms with Gasteiger partial charge in [0.1, 0.15) is 0 Å². The fraction of sp³-hybridized carbons (Fsp3) is 0.0714. The van der Waals surface area contributed by atoms with Crippen molar-refractivity contribution in [1.29, 1.82) is 0 Å². The van der Waals surface area contributed by atoms with Gasteiger partial charge in [-0.05, 0) is 37.3 Å². The molecule has 0 unspecified atom stereocenters. The van der Waals surface area contributed by atoms with Crippen molar-refractivity contribution >= 4 is 23.0 Å². The second-order valence-electron chi connectivity index (χ2n) is 3.92. The fourth-order valence-corrected chi connectivity index (χ4v) is 1.66. The predicted octanol–water partition coefficient (Wildman–Crippen LogP) is 4.45. The molecule has 0 fully saturated rings. The fourth-order valence-electron chi connectivity index (χ4n) is 1.48. The van der Waals surface area contributed by atoms with Crippen LogP contribution >= 0.6 is 11.6 Å². The van der Waals surface area contributed by atoms with Crippen molar-refractivity contribution in [3.63, 3.8) is 0 Å². The summed E-state index contributed by atoms with van der Waals surface area (Å²) in [5.41, 5.74) is 4.45. The topological polar surface area (TPSA) is 24.4 Å². The number of rotatable bonds is 3. The van der Waals surface area contributed by atoms with Gasteiger partial charge in [0.05, 0.1) is 16.4 Å². The van der Waals surface area contributed by atoms with Gasteiger partial charge < -0.3 is 0 Å². The van der Waals surface area contributed by atoms with E-state index in [4.69, 9.17) is 11.6 Å². The molecule has 0 aliphatic heterocycles. The molecular formula is C14H11ClF2N2. The number of nitrogens with zero attached hydrogens (tertiary/aromatic N) is 1. The molecule has 2 rings (SSSR count). The van der Waals surface area contributed by atoms with Crippen molar-refractivity contribution in [3.8, 4) is 0 Å². The van der Waals surface area contributed by atoms with Crippen LogP contribution in [0.25, 0.3) is 0 Å². The molecule has 2 aromatic carbocycles. The molecule has 0 radical (unpaired) electrons. The molecular weight excluding hydrogens is 270 g/mol. The summed E-state index contributed by atoms with van der Waals surface area (Å²) >= 11 is 5.96. The molecule has 0 aliphatic carbocycles. The first-order valence-electron chi connectivity index (χ1n) is 5.58. The van der Waals surface area contributed by atoms with Crippen molar-refractivity contribution in [3.05, 3.63) is 64.7 Å². The van der Waals surface area contributed by atoms with Crippen molar-refractivity contribution < 1.29 is 8.78 Å². The minimum atomic E-state index is -0.898. The zero-order chi connectivity index (χ0) is 13.8. The second-order valence-corrected chi connectivity index (χ2v) is 4.32. The number of halogens is 3. The lowest BCUT2D eigenvalue weighted by Gasteiger charge is -2.05. The zero-order valence-corrected chi connectivity index (χ0v) is 10.9. The standard InChI is InChI=1S/C14H11ClF2N2/c1-9(10-6-7-12(16)13(17)8-10)18-19-14-5-3-2-4-11(14)15/h2-8,19H,1H3/b18-9-. The van der Waals surface area contributed by atoms with E-state index >= 15 is 0 Å². The van der Waals surface area contributed by atoms with Crippen molar-refractivity contribution in [2.24, 2.45) is 5.10 Å². The van der Waals surface area contributed by atoms with E-state index in [2.05, 4.69) is 10.5 Å². The number of hydrazone groups is 1. The summed E-state index contributed by atoms with van der Waals surface area (Å²) in [5.74, 6) is -1.78. The Morgan fingerprint density at radius 2 is 1.84 bits per heavy atom. The minimum absolute atomic E-state index is 0.499. The average Bonchev–Trinajstić information content (AvgIpc) is 2.40. The van der Waals surface area contributed by atoms with E-state index in [1.807, 2.05) is 6.07 Å². The number of benzene rings is 2. The first kappa shape index (κ1) is 13.5. The quantitative estimate of drug-likeness (QED) is 0.652. The van der Waals surface area contributed by atoms with Gasteiger partial charge in [0.25, 0.3) is 0 Å². The molecule has 0 saturated carbocycles. The molecule has 0 amide bonds. The van der Waals surface area contributed by atoms with Gasteiger partial charge in [-0.1, -0.05) is 23.7 Å². The van der Waals surface area contributed by atoms with Crippen molar-refractivity contribution in [2.75, 3.05) is 5.43 Å². The summed E-state index contributed by atoms with van der Waals surface area (Å²) in [5, 5.41) is 4.62. The van der Waals surface area contributed by atoms with Crippen LogP contribution in [-0.2, 0) is 0 Å². The summed E-state index contributed by atoms with van der Waals surface area (Å²) in [6.45, 7) is 1.69. The molecule has 19 heavy (non-hydrogen) atoms. The monoisotopic (exact) mass is 280 g/mol. The number of hydrogen-bond acceptors (Lipinski definition) is 2. The van der Waals surface area contributed by atoms with Gasteiger partial charge in [-0.15, -0.1) is 0 Å². The SMILES string of the molecule is C/C(=N/Nc1ccccc1Cl)c1ccc(F)c(F)c1. The van der Waals surface area contributed by atoms with Crippen molar-refractivity contribution in [1.82, 2.24) is 0 Å². The largest absolute Gasteiger partial charge is 0.277 e. The molecule has 98 valence electrons. The highest BCUT2D eigenvalue weighted by atomic mass is 35.5. The molecule has 0 aliphatic rings. The average molecular weight is 281 g/mol. The highest BCUT2D eigenvalue weighted by Gasteiger charge is 2.05. The third-order valence-electron chi connectivity index (χ3n) is 2.56. The Hall–Kier alpha value is -1.94. The Kier molecular flexibility index (Phi) is 4.12. The third kappa shape index (κ3) is 3.29. The van der Waals surface area contributed by atoms with E-state index in [1.54, 1.807) is 25.1 Å². The number of anilines is 1. The maximum Gasteiger partial charge on any atom is 0.159 e. The highest BCUT2D eigenvalue weighted by molar-refractivity contribution is 6.33. The Labute approximate surface area is 114 Å². The van der Waals surface area contributed by atoms with Crippen LogP contribution in [0.15, 0.2) is 47.6 Å². The summed E-state index contributed by atoms with van der Waals surface area (Å²) < 4.78 is 25.9. The Balaban J connectivity index is 2.19. The Morgan fingerprint density at radius 1 is 1.11 bits per heavy atom. The van der Waals surface area contributed by atoms with Gasteiger partial charge in [0, 0.05) is 5.56 Å². The van der Waals surface area contributed by atoms with E-state index in [0.717, 1.165) is 12.1 Å². The molecule has 2 aromatic rings. The molecule has 0 spiro atoms. The molecule has 0 saturated heterocycles. The first-order chi connectivity index (χ1) is 9.08. The normalized spacial score (nSPS) is 11.5. The van der Waals surface area contributed by atoms with Crippen LogP contribution in [0.1, 0.15) is 12.5 Å². The Morgan fingerprint density at radius 3 is 2.53 bits per heavy atom. The van der Waals surface area contributed by atoms with Gasteiger partial charge in [0.15, 0.2) is 11.6 Å². The van der Waals surface area contributed by atoms with Crippen molar-refractivity contribution in [2.45, 2.75) is 6.92 Å². The third-order valence-corrected chi connectivity index (χ3v) is 2.88. The molecule has 0 aromatic heterocycles. The molecule has 0 heterocycles. The van der Waals surface area contributed by atoms with Crippen LogP contribution in [0, 0.1) is 11.6 Å². The van der Waals surface area contributed by atoms with E-state index in [1.165, 1.54) is 6.07 Å². The van der Waals surface area contributed by atoms with Gasteiger partial charge in [0.2, 0.25) is 0 Å². The van der Waals surface area contributed by atoms with E-state index in [0.29, 0.717) is 22.0 Å². The lowest BCUT2D eigenvalue weighted by molar-refractivity contribution is 0.508. The lowest BCUT2D eigenvalue weighted by Crippen LogP contribution is -2.01. The summed E-state index contributed by atoms with van der Waals surface area (Å²) in [4.78, 5) is 0. The molecule has 1 N–H and O–H groups in total. The van der Waals surface area contributed by atoms with Crippen LogP contribution in [-0.4, -0.2) is 5.71 Å². The smallest absolute Gasteiger partial charge is 0.159 e. The van der Waals surface area contributed by atoms with E-state index in [-0.39, 0.29) is 0 Å².